The zero-order chi connectivity index (χ0) is 9.68. The van der Waals surface area contributed by atoms with Crippen LogP contribution in [-0.4, -0.2) is 4.92 Å². The molecule has 1 rings (SSSR count). The molecule has 13 heavy (non-hydrogen) atoms. The molecule has 0 bridgehead atoms. The minimum Gasteiger partial charge on any atom is -0.258 e. The van der Waals surface area contributed by atoms with Crippen molar-refractivity contribution in [3.63, 3.8) is 0 Å². The van der Waals surface area contributed by atoms with E-state index in [1.54, 1.807) is 30.4 Å². The number of rotatable bonds is 3. The monoisotopic (exact) mass is 176 g/mol. The lowest BCUT2D eigenvalue weighted by Gasteiger charge is -1.95. The van der Waals surface area contributed by atoms with Gasteiger partial charge in [0.15, 0.2) is 0 Å². The minimum absolute atomic E-state index is 0.132. The number of hydrogen-bond donors (Lipinski definition) is 0. The Hall–Kier alpha value is -1.64. The Morgan fingerprint density at radius 1 is 1.46 bits per heavy atom. The van der Waals surface area contributed by atoms with Crippen LogP contribution in [0.4, 0.5) is 5.69 Å². The van der Waals surface area contributed by atoms with Crippen molar-refractivity contribution in [3.8, 4) is 0 Å². The Bertz CT molecular complexity index is 331. The number of nitro groups is 1. The molecule has 0 amide bonds. The first kappa shape index (κ1) is 9.45. The highest BCUT2D eigenvalue weighted by atomic mass is 16.6. The van der Waals surface area contributed by atoms with E-state index in [-0.39, 0.29) is 10.6 Å². The molecule has 0 aliphatic heterocycles. The highest BCUT2D eigenvalue weighted by molar-refractivity contribution is 5.60. The molecule has 0 saturated heterocycles. The highest BCUT2D eigenvalue weighted by Crippen LogP contribution is 2.18. The average molecular weight is 176 g/mol. The summed E-state index contributed by atoms with van der Waals surface area (Å²) in [4.78, 5) is 10.2. The van der Waals surface area contributed by atoms with E-state index in [9.17, 15) is 10.1 Å². The van der Waals surface area contributed by atoms with Crippen LogP contribution in [0.3, 0.4) is 0 Å². The molecule has 1 aromatic rings. The first-order chi connectivity index (χ1) is 6.25. The summed E-state index contributed by atoms with van der Waals surface area (Å²) in [5.41, 5.74) is 0.753. The van der Waals surface area contributed by atoms with Crippen molar-refractivity contribution < 1.29 is 4.92 Å². The van der Waals surface area contributed by atoms with Gasteiger partial charge in [0, 0.05) is 6.07 Å². The Kier molecular flexibility index (Phi) is 3.20. The van der Waals surface area contributed by atoms with E-state index in [1.165, 1.54) is 6.07 Å². The van der Waals surface area contributed by atoms with Gasteiger partial charge < -0.3 is 0 Å². The first-order valence-electron chi connectivity index (χ1n) is 3.95. The Morgan fingerprint density at radius 3 is 2.77 bits per heavy atom. The minimum atomic E-state index is -0.386. The van der Waals surface area contributed by atoms with Crippen LogP contribution in [0, 0.1) is 17.0 Å². The SMILES string of the molecule is [CH2]CC=Cc1ccccc1[N+](=O)[O-]. The summed E-state index contributed by atoms with van der Waals surface area (Å²) in [5.74, 6) is 0. The van der Waals surface area contributed by atoms with Crippen molar-refractivity contribution in [2.24, 2.45) is 0 Å². The van der Waals surface area contributed by atoms with Gasteiger partial charge in [-0.2, -0.15) is 0 Å². The first-order valence-corrected chi connectivity index (χ1v) is 3.95. The lowest BCUT2D eigenvalue weighted by atomic mass is 10.1. The van der Waals surface area contributed by atoms with E-state index in [0.717, 1.165) is 0 Å². The van der Waals surface area contributed by atoms with E-state index >= 15 is 0 Å². The molecule has 0 aliphatic rings. The van der Waals surface area contributed by atoms with Gasteiger partial charge in [0.05, 0.1) is 10.5 Å². The smallest absolute Gasteiger partial charge is 0.258 e. The van der Waals surface area contributed by atoms with Gasteiger partial charge >= 0.3 is 0 Å². The number of benzene rings is 1. The fraction of sp³-hybridized carbons (Fsp3) is 0.100. The van der Waals surface area contributed by atoms with Crippen molar-refractivity contribution in [1.82, 2.24) is 0 Å². The number of nitro benzene ring substituents is 1. The van der Waals surface area contributed by atoms with Crippen LogP contribution in [-0.2, 0) is 0 Å². The maximum absolute atomic E-state index is 10.5. The Morgan fingerprint density at radius 2 is 2.15 bits per heavy atom. The molecular formula is C10H10NO2. The molecule has 0 unspecified atom stereocenters. The van der Waals surface area contributed by atoms with Crippen LogP contribution in [0.5, 0.6) is 0 Å². The molecule has 67 valence electrons. The van der Waals surface area contributed by atoms with Gasteiger partial charge in [-0.15, -0.1) is 0 Å². The summed E-state index contributed by atoms with van der Waals surface area (Å²) in [7, 11) is 0. The second-order valence-electron chi connectivity index (χ2n) is 2.51. The lowest BCUT2D eigenvalue weighted by molar-refractivity contribution is -0.385. The molecule has 0 aromatic heterocycles. The average Bonchev–Trinajstić information content (AvgIpc) is 2.15. The fourth-order valence-electron chi connectivity index (χ4n) is 1.01. The molecular weight excluding hydrogens is 166 g/mol. The lowest BCUT2D eigenvalue weighted by Crippen LogP contribution is -1.90. The maximum Gasteiger partial charge on any atom is 0.276 e. The van der Waals surface area contributed by atoms with E-state index in [1.807, 2.05) is 0 Å². The van der Waals surface area contributed by atoms with E-state index in [2.05, 4.69) is 6.92 Å². The highest BCUT2D eigenvalue weighted by Gasteiger charge is 2.08. The molecule has 0 fully saturated rings. The second kappa shape index (κ2) is 4.40. The predicted octanol–water partition coefficient (Wildman–Crippen LogP) is 2.83. The van der Waals surface area contributed by atoms with E-state index < -0.39 is 0 Å². The predicted molar refractivity (Wildman–Crippen MR) is 52.1 cm³/mol. The molecule has 1 radical (unpaired) electrons. The van der Waals surface area contributed by atoms with Gasteiger partial charge in [0.25, 0.3) is 5.69 Å². The van der Waals surface area contributed by atoms with Crippen LogP contribution < -0.4 is 0 Å². The van der Waals surface area contributed by atoms with Gasteiger partial charge in [0.2, 0.25) is 0 Å². The molecule has 3 nitrogen and oxygen atoms in total. The molecule has 0 atom stereocenters. The van der Waals surface area contributed by atoms with Crippen molar-refractivity contribution in [2.45, 2.75) is 6.42 Å². The molecule has 1 aromatic carbocycles. The Labute approximate surface area is 76.9 Å². The third-order valence-corrected chi connectivity index (χ3v) is 1.60. The van der Waals surface area contributed by atoms with Crippen LogP contribution in [0.15, 0.2) is 30.3 Å². The summed E-state index contributed by atoms with van der Waals surface area (Å²) in [6, 6.07) is 6.63. The zero-order valence-corrected chi connectivity index (χ0v) is 7.14. The summed E-state index contributed by atoms with van der Waals surface area (Å²) in [6.45, 7) is 3.62. The number of para-hydroxylation sites is 1. The quantitative estimate of drug-likeness (QED) is 0.525. The van der Waals surface area contributed by atoms with Gasteiger partial charge in [-0.1, -0.05) is 24.3 Å². The third kappa shape index (κ3) is 2.40. The van der Waals surface area contributed by atoms with Crippen LogP contribution >= 0.6 is 0 Å². The molecule has 0 saturated carbocycles. The zero-order valence-electron chi connectivity index (χ0n) is 7.14. The fourth-order valence-corrected chi connectivity index (χ4v) is 1.01. The third-order valence-electron chi connectivity index (χ3n) is 1.60. The summed E-state index contributed by atoms with van der Waals surface area (Å²) in [5, 5.41) is 10.5. The molecule has 3 heteroatoms. The van der Waals surface area contributed by atoms with Crippen molar-refractivity contribution in [2.75, 3.05) is 0 Å². The summed E-state index contributed by atoms with van der Waals surface area (Å²) in [6.07, 6.45) is 4.14. The molecule has 0 heterocycles. The van der Waals surface area contributed by atoms with E-state index in [4.69, 9.17) is 0 Å². The molecule has 0 spiro atoms. The normalized spacial score (nSPS) is 10.5. The van der Waals surface area contributed by atoms with Crippen molar-refractivity contribution in [1.29, 1.82) is 0 Å². The summed E-state index contributed by atoms with van der Waals surface area (Å²) >= 11 is 0. The number of hydrogen-bond acceptors (Lipinski definition) is 2. The Balaban J connectivity index is 3.05. The van der Waals surface area contributed by atoms with Crippen LogP contribution in [0.1, 0.15) is 12.0 Å². The second-order valence-corrected chi connectivity index (χ2v) is 2.51. The van der Waals surface area contributed by atoms with Crippen LogP contribution in [0.2, 0.25) is 0 Å². The standard InChI is InChI=1S/C10H10NO2/c1-2-3-6-9-7-4-5-8-10(9)11(12)13/h3-8H,1-2H2. The maximum atomic E-state index is 10.5. The van der Waals surface area contributed by atoms with E-state index in [0.29, 0.717) is 12.0 Å². The summed E-state index contributed by atoms with van der Waals surface area (Å²) < 4.78 is 0. The molecule has 0 aliphatic carbocycles. The van der Waals surface area contributed by atoms with Gasteiger partial charge in [-0.05, 0) is 19.4 Å². The topological polar surface area (TPSA) is 43.1 Å². The van der Waals surface area contributed by atoms with Crippen molar-refractivity contribution in [3.05, 3.63) is 52.9 Å². The van der Waals surface area contributed by atoms with Crippen LogP contribution in [0.25, 0.3) is 6.08 Å². The largest absolute Gasteiger partial charge is 0.276 e. The van der Waals surface area contributed by atoms with Crippen molar-refractivity contribution >= 4 is 11.8 Å². The number of nitrogens with zero attached hydrogens (tertiary/aromatic N) is 1. The number of allylic oxidation sites excluding steroid dienone is 1. The van der Waals surface area contributed by atoms with Gasteiger partial charge in [-0.25, -0.2) is 0 Å². The van der Waals surface area contributed by atoms with Gasteiger partial charge in [-0.3, -0.25) is 10.1 Å². The van der Waals surface area contributed by atoms with Gasteiger partial charge in [0.1, 0.15) is 0 Å². The molecule has 0 N–H and O–H groups in total.